The van der Waals surface area contributed by atoms with Crippen molar-refractivity contribution in [2.75, 3.05) is 30.7 Å². The lowest BCUT2D eigenvalue weighted by atomic mass is 9.98. The van der Waals surface area contributed by atoms with E-state index in [4.69, 9.17) is 0 Å². The molecule has 1 saturated heterocycles. The lowest BCUT2D eigenvalue weighted by Crippen LogP contribution is -2.42. The maximum Gasteiger partial charge on any atom is 0.239 e. The summed E-state index contributed by atoms with van der Waals surface area (Å²) >= 11 is 3.28. The maximum absolute atomic E-state index is 13.3. The van der Waals surface area contributed by atoms with Crippen molar-refractivity contribution in [1.29, 1.82) is 0 Å². The predicted molar refractivity (Wildman–Crippen MR) is 114 cm³/mol. The summed E-state index contributed by atoms with van der Waals surface area (Å²) in [5, 5.41) is 13.3. The molecule has 1 atom stereocenters. The number of anilines is 1. The maximum atomic E-state index is 13.3. The third-order valence-corrected chi connectivity index (χ3v) is 7.57. The summed E-state index contributed by atoms with van der Waals surface area (Å²) in [5.74, 6) is 1.02. The van der Waals surface area contributed by atoms with Gasteiger partial charge < -0.3 is 10.4 Å². The zero-order valence-corrected chi connectivity index (χ0v) is 17.6. The van der Waals surface area contributed by atoms with E-state index in [-0.39, 0.29) is 24.1 Å². The van der Waals surface area contributed by atoms with E-state index in [1.165, 1.54) is 35.6 Å². The van der Waals surface area contributed by atoms with Crippen molar-refractivity contribution in [3.05, 3.63) is 51.7 Å². The smallest absolute Gasteiger partial charge is 0.239 e. The number of benzene rings is 1. The number of fused-ring (bicyclic) bond motifs is 1. The van der Waals surface area contributed by atoms with Crippen LogP contribution in [0.15, 0.2) is 24.3 Å². The number of carbonyl (C=O) groups excluding carboxylic acids is 2. The van der Waals surface area contributed by atoms with Crippen LogP contribution < -0.4 is 5.32 Å². The number of hydrogen-bond donors (Lipinski definition) is 2. The van der Waals surface area contributed by atoms with Gasteiger partial charge in [0.05, 0.1) is 18.2 Å². The number of thioether (sulfide) groups is 1. The lowest BCUT2D eigenvalue weighted by Gasteiger charge is -2.29. The normalized spacial score (nSPS) is 19.6. The molecule has 1 aromatic heterocycles. The molecule has 0 radical (unpaired) electrons. The van der Waals surface area contributed by atoms with Crippen LogP contribution in [0.1, 0.15) is 39.2 Å². The highest BCUT2D eigenvalue weighted by atomic mass is 32.2. The van der Waals surface area contributed by atoms with E-state index in [9.17, 15) is 19.1 Å². The molecular weight excluding hydrogens is 411 g/mol. The second-order valence-corrected chi connectivity index (χ2v) is 9.64. The number of piperidine rings is 1. The molecule has 1 unspecified atom stereocenters. The fourth-order valence-corrected chi connectivity index (χ4v) is 6.24. The van der Waals surface area contributed by atoms with Crippen molar-refractivity contribution in [2.24, 2.45) is 0 Å². The van der Waals surface area contributed by atoms with Gasteiger partial charge in [0.2, 0.25) is 5.91 Å². The molecule has 2 aromatic rings. The summed E-state index contributed by atoms with van der Waals surface area (Å²) in [4.78, 5) is 28.9. The van der Waals surface area contributed by atoms with Crippen molar-refractivity contribution in [1.82, 2.24) is 4.90 Å². The average Bonchev–Trinajstić information content (AvgIpc) is 3.05. The summed E-state index contributed by atoms with van der Waals surface area (Å²) in [6.45, 7) is 1.47. The van der Waals surface area contributed by atoms with Gasteiger partial charge in [0.25, 0.3) is 0 Å². The number of halogens is 1. The molecule has 0 spiro atoms. The van der Waals surface area contributed by atoms with Gasteiger partial charge in [-0.3, -0.25) is 14.5 Å². The van der Waals surface area contributed by atoms with Crippen LogP contribution in [-0.4, -0.2) is 53.2 Å². The van der Waals surface area contributed by atoms with Gasteiger partial charge in [-0.25, -0.2) is 4.39 Å². The zero-order valence-electron chi connectivity index (χ0n) is 15.9. The van der Waals surface area contributed by atoms with E-state index >= 15 is 0 Å². The molecule has 2 aliphatic rings. The van der Waals surface area contributed by atoms with E-state index in [0.717, 1.165) is 47.8 Å². The number of hydrogen-bond acceptors (Lipinski definition) is 6. The number of ketones is 1. The Morgan fingerprint density at radius 2 is 2.07 bits per heavy atom. The molecule has 3 heterocycles. The van der Waals surface area contributed by atoms with Crippen LogP contribution in [0.5, 0.6) is 0 Å². The van der Waals surface area contributed by atoms with Gasteiger partial charge in [0, 0.05) is 22.7 Å². The molecule has 2 aliphatic heterocycles. The van der Waals surface area contributed by atoms with E-state index in [2.05, 4.69) is 5.32 Å². The van der Waals surface area contributed by atoms with E-state index in [1.807, 2.05) is 16.7 Å². The summed E-state index contributed by atoms with van der Waals surface area (Å²) in [7, 11) is 0. The Kier molecular flexibility index (Phi) is 6.34. The fourth-order valence-electron chi connectivity index (χ4n) is 3.85. The summed E-state index contributed by atoms with van der Waals surface area (Å²) in [6, 6.07) is 5.53. The molecule has 1 aromatic carbocycles. The first-order valence-corrected chi connectivity index (χ1v) is 11.7. The third kappa shape index (κ3) is 4.71. The first-order chi connectivity index (χ1) is 14.0. The number of rotatable bonds is 5. The molecule has 29 heavy (non-hydrogen) atoms. The third-order valence-electron chi connectivity index (χ3n) is 5.25. The van der Waals surface area contributed by atoms with Crippen molar-refractivity contribution in [2.45, 2.75) is 31.1 Å². The minimum atomic E-state index is -0.391. The number of β-amino-alcohol motifs (C(OH)–C–C–N with tert-alkyl or cyclic N) is 1. The quantitative estimate of drug-likeness (QED) is 0.707. The zero-order chi connectivity index (χ0) is 20.4. The Balaban J connectivity index is 1.57. The molecule has 0 bridgehead atoms. The number of thiophene rings is 1. The SMILES string of the molecule is O=C(CN1CCCC(O)C1)Nc1sc2c(c1C(=O)c1ccc(F)cc1)CCSC2. The van der Waals surface area contributed by atoms with Gasteiger partial charge in [-0.1, -0.05) is 0 Å². The van der Waals surface area contributed by atoms with Gasteiger partial charge in [-0.2, -0.15) is 11.8 Å². The summed E-state index contributed by atoms with van der Waals surface area (Å²) in [5.41, 5.74) is 1.97. The van der Waals surface area contributed by atoms with Crippen LogP contribution in [0.2, 0.25) is 0 Å². The van der Waals surface area contributed by atoms with Crippen LogP contribution >= 0.6 is 23.1 Å². The second-order valence-electron chi connectivity index (χ2n) is 7.43. The van der Waals surface area contributed by atoms with Crippen molar-refractivity contribution < 1.29 is 19.1 Å². The molecule has 154 valence electrons. The monoisotopic (exact) mass is 434 g/mol. The minimum Gasteiger partial charge on any atom is -0.392 e. The highest BCUT2D eigenvalue weighted by Gasteiger charge is 2.28. The molecule has 8 heteroatoms. The standard InChI is InChI=1S/C21H23FN2O3S2/c22-14-5-3-13(4-6-14)20(27)19-16-7-9-28-12-17(16)29-21(19)23-18(26)11-24-8-1-2-15(25)10-24/h3-6,15,25H,1-2,7-12H2,(H,23,26). The van der Waals surface area contributed by atoms with Crippen molar-refractivity contribution in [3.63, 3.8) is 0 Å². The molecule has 1 fully saturated rings. The summed E-state index contributed by atoms with van der Waals surface area (Å²) < 4.78 is 13.3. The Hall–Kier alpha value is -1.74. The number of amides is 1. The molecule has 0 saturated carbocycles. The highest BCUT2D eigenvalue weighted by molar-refractivity contribution is 7.98. The number of nitrogens with zero attached hydrogens (tertiary/aromatic N) is 1. The molecule has 5 nitrogen and oxygen atoms in total. The number of nitrogens with one attached hydrogen (secondary N) is 1. The van der Waals surface area contributed by atoms with E-state index < -0.39 is 6.10 Å². The van der Waals surface area contributed by atoms with Gasteiger partial charge in [0.15, 0.2) is 5.78 Å². The Bertz CT molecular complexity index is 913. The van der Waals surface area contributed by atoms with E-state index in [0.29, 0.717) is 22.7 Å². The number of aliphatic hydroxyl groups excluding tert-OH is 1. The van der Waals surface area contributed by atoms with Gasteiger partial charge in [0.1, 0.15) is 10.8 Å². The Morgan fingerprint density at radius 1 is 1.28 bits per heavy atom. The van der Waals surface area contributed by atoms with Gasteiger partial charge in [-0.05, 0) is 61.4 Å². The number of carbonyl (C=O) groups is 2. The molecule has 1 amide bonds. The predicted octanol–water partition coefficient (Wildman–Crippen LogP) is 3.30. The topological polar surface area (TPSA) is 69.6 Å². The molecule has 4 rings (SSSR count). The Labute approximate surface area is 177 Å². The van der Waals surface area contributed by atoms with Gasteiger partial charge in [-0.15, -0.1) is 11.3 Å². The lowest BCUT2D eigenvalue weighted by molar-refractivity contribution is -0.117. The number of aliphatic hydroxyl groups is 1. The first-order valence-electron chi connectivity index (χ1n) is 9.74. The molecular formula is C21H23FN2O3S2. The Morgan fingerprint density at radius 3 is 2.83 bits per heavy atom. The molecule has 0 aliphatic carbocycles. The summed E-state index contributed by atoms with van der Waals surface area (Å²) in [6.07, 6.45) is 2.03. The van der Waals surface area contributed by atoms with Crippen molar-refractivity contribution in [3.8, 4) is 0 Å². The molecule has 2 N–H and O–H groups in total. The number of likely N-dealkylation sites (tertiary alicyclic amines) is 1. The van der Waals surface area contributed by atoms with Crippen LogP contribution in [-0.2, 0) is 17.0 Å². The fraction of sp³-hybridized carbons (Fsp3) is 0.429. The van der Waals surface area contributed by atoms with Crippen molar-refractivity contribution >= 4 is 39.8 Å². The van der Waals surface area contributed by atoms with Crippen LogP contribution in [0.3, 0.4) is 0 Å². The first kappa shape index (κ1) is 20.5. The largest absolute Gasteiger partial charge is 0.392 e. The van der Waals surface area contributed by atoms with E-state index in [1.54, 1.807) is 0 Å². The highest BCUT2D eigenvalue weighted by Crippen LogP contribution is 2.40. The second kappa shape index (κ2) is 8.95. The van der Waals surface area contributed by atoms with Crippen LogP contribution in [0, 0.1) is 5.82 Å². The van der Waals surface area contributed by atoms with Gasteiger partial charge >= 0.3 is 0 Å². The van der Waals surface area contributed by atoms with Crippen LogP contribution in [0.25, 0.3) is 0 Å². The minimum absolute atomic E-state index is 0.182. The van der Waals surface area contributed by atoms with Crippen LogP contribution in [0.4, 0.5) is 9.39 Å². The average molecular weight is 435 g/mol.